The van der Waals surface area contributed by atoms with Gasteiger partial charge in [0.25, 0.3) is 0 Å². The fraction of sp³-hybridized carbons (Fsp3) is 0.375. The average Bonchev–Trinajstić information content (AvgIpc) is 2.30. The third-order valence-corrected chi connectivity index (χ3v) is 4.60. The molecule has 1 aromatic carbocycles. The van der Waals surface area contributed by atoms with Crippen molar-refractivity contribution in [2.75, 3.05) is 19.5 Å². The van der Waals surface area contributed by atoms with Crippen molar-refractivity contribution in [3.05, 3.63) is 46.5 Å². The Morgan fingerprint density at radius 1 is 1.55 bits per heavy atom. The van der Waals surface area contributed by atoms with Crippen LogP contribution in [0.25, 0.3) is 0 Å². The standard InChI is InChI=1S/C16H20ClNOP/c1-11(2)9-18(10-20(3)4)16(19)14-8-13-12(14)6-5-7-15(13)17/h5-7,14H,1,3,8-10H2,2,4H3/q+1. The first-order valence-electron chi connectivity index (χ1n) is 6.62. The summed E-state index contributed by atoms with van der Waals surface area (Å²) in [7, 11) is -0.394. The lowest BCUT2D eigenvalue weighted by molar-refractivity contribution is -0.132. The van der Waals surface area contributed by atoms with Crippen LogP contribution in [0.3, 0.4) is 0 Å². The normalized spacial score (nSPS) is 16.9. The summed E-state index contributed by atoms with van der Waals surface area (Å²) >= 11 is 6.14. The van der Waals surface area contributed by atoms with E-state index in [2.05, 4.69) is 19.5 Å². The maximum atomic E-state index is 12.7. The second kappa shape index (κ2) is 6.11. The summed E-state index contributed by atoms with van der Waals surface area (Å²) in [5.41, 5.74) is 3.20. The van der Waals surface area contributed by atoms with Gasteiger partial charge in [-0.15, -0.1) is 0 Å². The summed E-state index contributed by atoms with van der Waals surface area (Å²) in [6.07, 6.45) is 5.53. The van der Waals surface area contributed by atoms with Crippen LogP contribution in [0.5, 0.6) is 0 Å². The first-order chi connectivity index (χ1) is 9.40. The van der Waals surface area contributed by atoms with Gasteiger partial charge in [0, 0.05) is 11.6 Å². The predicted molar refractivity (Wildman–Crippen MR) is 89.3 cm³/mol. The molecule has 1 aliphatic rings. The topological polar surface area (TPSA) is 20.3 Å². The monoisotopic (exact) mass is 308 g/mol. The number of hydrogen-bond acceptors (Lipinski definition) is 1. The highest BCUT2D eigenvalue weighted by Gasteiger charge is 2.36. The minimum Gasteiger partial charge on any atom is -0.300 e. The van der Waals surface area contributed by atoms with Crippen molar-refractivity contribution < 1.29 is 4.79 Å². The van der Waals surface area contributed by atoms with Crippen LogP contribution in [0, 0.1) is 0 Å². The SMILES string of the molecule is C=C(C)CN(C[P+](=C)C)C(=O)C1Cc2c(Cl)cccc21. The van der Waals surface area contributed by atoms with Crippen molar-refractivity contribution in [3.8, 4) is 0 Å². The number of carbonyl (C=O) groups excluding carboxylic acids is 1. The number of fused-ring (bicyclic) bond motifs is 1. The average molecular weight is 309 g/mol. The molecule has 0 radical (unpaired) electrons. The van der Waals surface area contributed by atoms with Crippen LogP contribution in [-0.2, 0) is 11.2 Å². The smallest absolute Gasteiger partial charge is 0.233 e. The van der Waals surface area contributed by atoms with Crippen LogP contribution in [-0.4, -0.2) is 36.6 Å². The van der Waals surface area contributed by atoms with E-state index < -0.39 is 7.55 Å². The van der Waals surface area contributed by atoms with Crippen LogP contribution in [0.2, 0.25) is 5.02 Å². The highest BCUT2D eigenvalue weighted by molar-refractivity contribution is 7.54. The first-order valence-corrected chi connectivity index (χ1v) is 9.16. The van der Waals surface area contributed by atoms with Crippen molar-refractivity contribution in [2.24, 2.45) is 0 Å². The zero-order valence-electron chi connectivity index (χ0n) is 12.0. The van der Waals surface area contributed by atoms with Crippen molar-refractivity contribution >= 4 is 31.4 Å². The quantitative estimate of drug-likeness (QED) is 0.597. The number of halogens is 1. The van der Waals surface area contributed by atoms with Gasteiger partial charge in [-0.3, -0.25) is 9.69 Å². The second-order valence-electron chi connectivity index (χ2n) is 5.56. The van der Waals surface area contributed by atoms with Crippen LogP contribution in [0.4, 0.5) is 0 Å². The highest BCUT2D eigenvalue weighted by Crippen LogP contribution is 2.40. The zero-order valence-corrected chi connectivity index (χ0v) is 13.7. The van der Waals surface area contributed by atoms with E-state index in [1.165, 1.54) is 0 Å². The van der Waals surface area contributed by atoms with E-state index in [1.54, 1.807) is 0 Å². The molecule has 1 amide bonds. The van der Waals surface area contributed by atoms with E-state index in [9.17, 15) is 4.79 Å². The van der Waals surface area contributed by atoms with Gasteiger partial charge >= 0.3 is 0 Å². The minimum atomic E-state index is -0.394. The van der Waals surface area contributed by atoms with E-state index in [0.717, 1.165) is 34.4 Å². The lowest BCUT2D eigenvalue weighted by Gasteiger charge is -2.33. The molecule has 1 aliphatic carbocycles. The van der Waals surface area contributed by atoms with Gasteiger partial charge in [0.15, 0.2) is 6.29 Å². The third-order valence-electron chi connectivity index (χ3n) is 3.42. The molecule has 0 aromatic heterocycles. The zero-order chi connectivity index (χ0) is 14.9. The Kier molecular flexibility index (Phi) is 4.67. The number of nitrogens with zero attached hydrogens (tertiary/aromatic N) is 1. The fourth-order valence-corrected chi connectivity index (χ4v) is 3.64. The highest BCUT2D eigenvalue weighted by atomic mass is 35.5. The van der Waals surface area contributed by atoms with Crippen molar-refractivity contribution in [1.29, 1.82) is 0 Å². The molecule has 2 nitrogen and oxygen atoms in total. The van der Waals surface area contributed by atoms with Crippen molar-refractivity contribution in [3.63, 3.8) is 0 Å². The van der Waals surface area contributed by atoms with Crippen LogP contribution < -0.4 is 0 Å². The number of amides is 1. The Labute approximate surface area is 126 Å². The summed E-state index contributed by atoms with van der Waals surface area (Å²) in [4.78, 5) is 14.6. The van der Waals surface area contributed by atoms with E-state index in [4.69, 9.17) is 11.6 Å². The van der Waals surface area contributed by atoms with Gasteiger partial charge < -0.3 is 0 Å². The summed E-state index contributed by atoms with van der Waals surface area (Å²) in [5, 5.41) is 0.771. The van der Waals surface area contributed by atoms with Gasteiger partial charge in [0.1, 0.15) is 7.55 Å². The molecule has 2 atom stereocenters. The second-order valence-corrected chi connectivity index (χ2v) is 7.96. The summed E-state index contributed by atoms with van der Waals surface area (Å²) in [6, 6.07) is 5.80. The molecule has 0 spiro atoms. The molecular weight excluding hydrogens is 289 g/mol. The molecule has 0 bridgehead atoms. The molecule has 106 valence electrons. The summed E-state index contributed by atoms with van der Waals surface area (Å²) in [5.74, 6) is 0.138. The number of benzene rings is 1. The molecule has 0 fully saturated rings. The Balaban J connectivity index is 2.17. The minimum absolute atomic E-state index is 0.0435. The molecule has 2 rings (SSSR count). The summed E-state index contributed by atoms with van der Waals surface area (Å²) < 4.78 is 0. The van der Waals surface area contributed by atoms with Gasteiger partial charge in [0.05, 0.1) is 18.9 Å². The Morgan fingerprint density at radius 3 is 2.85 bits per heavy atom. The van der Waals surface area contributed by atoms with E-state index in [0.29, 0.717) is 6.54 Å². The molecule has 0 N–H and O–H groups in total. The molecule has 0 heterocycles. The fourth-order valence-electron chi connectivity index (χ4n) is 2.56. The van der Waals surface area contributed by atoms with Crippen LogP contribution >= 0.6 is 19.1 Å². The Hall–Kier alpha value is -1.11. The van der Waals surface area contributed by atoms with Gasteiger partial charge in [-0.1, -0.05) is 35.9 Å². The molecule has 0 saturated heterocycles. The van der Waals surface area contributed by atoms with Crippen LogP contribution in [0.1, 0.15) is 24.0 Å². The Bertz CT molecular complexity index is 566. The largest absolute Gasteiger partial charge is 0.300 e. The predicted octanol–water partition coefficient (Wildman–Crippen LogP) is 3.89. The molecule has 2 unspecified atom stereocenters. The third kappa shape index (κ3) is 3.13. The van der Waals surface area contributed by atoms with E-state index >= 15 is 0 Å². The van der Waals surface area contributed by atoms with E-state index in [-0.39, 0.29) is 11.8 Å². The lowest BCUT2D eigenvalue weighted by Crippen LogP contribution is -2.40. The Morgan fingerprint density at radius 2 is 2.25 bits per heavy atom. The van der Waals surface area contributed by atoms with Gasteiger partial charge in [-0.05, 0) is 30.5 Å². The molecule has 20 heavy (non-hydrogen) atoms. The molecular formula is C16H20ClNOP+. The summed E-state index contributed by atoms with van der Waals surface area (Å²) in [6.45, 7) is 8.57. The maximum Gasteiger partial charge on any atom is 0.233 e. The molecule has 4 heteroatoms. The van der Waals surface area contributed by atoms with Gasteiger partial charge in [-0.2, -0.15) is 0 Å². The van der Waals surface area contributed by atoms with Gasteiger partial charge in [0.2, 0.25) is 5.91 Å². The van der Waals surface area contributed by atoms with Crippen LogP contribution in [0.15, 0.2) is 30.4 Å². The first kappa shape index (κ1) is 15.3. The van der Waals surface area contributed by atoms with Gasteiger partial charge in [-0.25, -0.2) is 0 Å². The maximum absolute atomic E-state index is 12.7. The van der Waals surface area contributed by atoms with Crippen molar-refractivity contribution in [1.82, 2.24) is 4.90 Å². The number of rotatable bonds is 5. The molecule has 0 saturated carbocycles. The number of carbonyl (C=O) groups is 1. The molecule has 0 aliphatic heterocycles. The van der Waals surface area contributed by atoms with E-state index in [1.807, 2.05) is 30.0 Å². The van der Waals surface area contributed by atoms with Crippen molar-refractivity contribution in [2.45, 2.75) is 19.3 Å². The number of hydrogen-bond donors (Lipinski definition) is 0. The lowest BCUT2D eigenvalue weighted by atomic mass is 9.76. The molecule has 1 aromatic rings.